The molecule has 2 N–H and O–H groups in total. The second-order valence-corrected chi connectivity index (χ2v) is 4.61. The number of methoxy groups -OCH3 is 1. The average molecular weight is 284 g/mol. The third-order valence-corrected chi connectivity index (χ3v) is 2.93. The van der Waals surface area contributed by atoms with E-state index in [4.69, 9.17) is 4.74 Å². The molecule has 0 atom stereocenters. The predicted octanol–water partition coefficient (Wildman–Crippen LogP) is 1.51. The summed E-state index contributed by atoms with van der Waals surface area (Å²) in [6.07, 6.45) is 2.10. The highest BCUT2D eigenvalue weighted by molar-refractivity contribution is 5.80. The van der Waals surface area contributed by atoms with Crippen molar-refractivity contribution in [2.24, 2.45) is 4.99 Å². The summed E-state index contributed by atoms with van der Waals surface area (Å²) in [4.78, 5) is 7.68. The molecule has 0 spiro atoms. The molecule has 1 fully saturated rings. The number of aliphatic imine (C=N–C) groups is 1. The van der Waals surface area contributed by atoms with Crippen LogP contribution in [0.25, 0.3) is 0 Å². The highest BCUT2D eigenvalue weighted by Crippen LogP contribution is 2.26. The maximum atomic E-state index is 14.1. The summed E-state index contributed by atoms with van der Waals surface area (Å²) in [5, 5.41) is 5.67. The summed E-state index contributed by atoms with van der Waals surface area (Å²) in [5.74, 6) is -2.55. The molecule has 110 valence electrons. The van der Waals surface area contributed by atoms with E-state index in [1.165, 1.54) is 25.3 Å². The van der Waals surface area contributed by atoms with Gasteiger partial charge >= 0.3 is 5.92 Å². The molecule has 7 heteroatoms. The van der Waals surface area contributed by atoms with Crippen LogP contribution >= 0.6 is 0 Å². The first-order valence-electron chi connectivity index (χ1n) is 6.41. The molecule has 1 aromatic rings. The van der Waals surface area contributed by atoms with Crippen molar-refractivity contribution in [1.29, 1.82) is 0 Å². The van der Waals surface area contributed by atoms with E-state index in [0.717, 1.165) is 12.8 Å². The number of aromatic nitrogens is 1. The smallest absolute Gasteiger partial charge is 0.306 e. The van der Waals surface area contributed by atoms with Gasteiger partial charge in [-0.15, -0.1) is 0 Å². The number of alkyl halides is 2. The van der Waals surface area contributed by atoms with Gasteiger partial charge in [0.05, 0.1) is 13.7 Å². The summed E-state index contributed by atoms with van der Waals surface area (Å²) < 4.78 is 33.0. The summed E-state index contributed by atoms with van der Waals surface area (Å²) in [6, 6.07) is 4.65. The molecule has 0 radical (unpaired) electrons. The van der Waals surface area contributed by atoms with Gasteiger partial charge in [0.25, 0.3) is 0 Å². The SMILES string of the molecule is CN=C(NCC(F)(F)c1cccc(OC)n1)NC1CC1. The number of pyridine rings is 1. The van der Waals surface area contributed by atoms with Crippen LogP contribution in [0.15, 0.2) is 23.2 Å². The molecule has 1 aromatic heterocycles. The number of hydrogen-bond donors (Lipinski definition) is 2. The molecular weight excluding hydrogens is 266 g/mol. The fourth-order valence-corrected chi connectivity index (χ4v) is 1.63. The second kappa shape index (κ2) is 6.02. The summed E-state index contributed by atoms with van der Waals surface area (Å²) in [6.45, 7) is -0.570. The molecule has 1 aliphatic rings. The van der Waals surface area contributed by atoms with E-state index < -0.39 is 12.5 Å². The lowest BCUT2D eigenvalue weighted by Crippen LogP contribution is -2.43. The number of nitrogens with zero attached hydrogens (tertiary/aromatic N) is 2. The monoisotopic (exact) mass is 284 g/mol. The zero-order valence-electron chi connectivity index (χ0n) is 11.5. The highest BCUT2D eigenvalue weighted by atomic mass is 19.3. The van der Waals surface area contributed by atoms with Crippen LogP contribution in [0.3, 0.4) is 0 Å². The Hall–Kier alpha value is -1.92. The molecule has 2 rings (SSSR count). The van der Waals surface area contributed by atoms with E-state index in [1.54, 1.807) is 7.05 Å². The zero-order chi connectivity index (χ0) is 14.6. The quantitative estimate of drug-likeness (QED) is 0.635. The van der Waals surface area contributed by atoms with Crippen molar-refractivity contribution in [2.75, 3.05) is 20.7 Å². The fraction of sp³-hybridized carbons (Fsp3) is 0.538. The summed E-state index contributed by atoms with van der Waals surface area (Å²) >= 11 is 0. The summed E-state index contributed by atoms with van der Waals surface area (Å²) in [5.41, 5.74) is -0.328. The van der Waals surface area contributed by atoms with Gasteiger partial charge in [-0.3, -0.25) is 4.99 Å². The minimum Gasteiger partial charge on any atom is -0.481 e. The molecule has 0 aromatic carbocycles. The first-order chi connectivity index (χ1) is 9.55. The molecule has 0 bridgehead atoms. The first kappa shape index (κ1) is 14.5. The highest BCUT2D eigenvalue weighted by Gasteiger charge is 2.34. The van der Waals surface area contributed by atoms with Crippen molar-refractivity contribution in [1.82, 2.24) is 15.6 Å². The first-order valence-corrected chi connectivity index (χ1v) is 6.41. The van der Waals surface area contributed by atoms with Gasteiger partial charge in [-0.05, 0) is 18.9 Å². The van der Waals surface area contributed by atoms with Crippen LogP contribution < -0.4 is 15.4 Å². The van der Waals surface area contributed by atoms with Crippen LogP contribution in [0.5, 0.6) is 5.88 Å². The zero-order valence-corrected chi connectivity index (χ0v) is 11.5. The molecule has 1 heterocycles. The van der Waals surface area contributed by atoms with Crippen LogP contribution in [0.2, 0.25) is 0 Å². The fourth-order valence-electron chi connectivity index (χ4n) is 1.63. The third kappa shape index (κ3) is 3.79. The number of guanidine groups is 1. The number of rotatable bonds is 5. The number of ether oxygens (including phenoxy) is 1. The Morgan fingerprint density at radius 2 is 2.25 bits per heavy atom. The van der Waals surface area contributed by atoms with E-state index in [9.17, 15) is 8.78 Å². The molecule has 1 aliphatic carbocycles. The van der Waals surface area contributed by atoms with Crippen LogP contribution in [-0.4, -0.2) is 37.7 Å². The van der Waals surface area contributed by atoms with E-state index in [2.05, 4.69) is 20.6 Å². The lowest BCUT2D eigenvalue weighted by Gasteiger charge is -2.19. The van der Waals surface area contributed by atoms with E-state index in [1.807, 2.05) is 0 Å². The minimum absolute atomic E-state index is 0.169. The normalized spacial score (nSPS) is 15.9. The topological polar surface area (TPSA) is 58.5 Å². The van der Waals surface area contributed by atoms with Gasteiger partial charge in [-0.1, -0.05) is 6.07 Å². The lowest BCUT2D eigenvalue weighted by molar-refractivity contribution is -0.00389. The maximum absolute atomic E-state index is 14.1. The molecule has 5 nitrogen and oxygen atoms in total. The van der Waals surface area contributed by atoms with Gasteiger partial charge in [-0.2, -0.15) is 8.78 Å². The van der Waals surface area contributed by atoms with Crippen molar-refractivity contribution >= 4 is 5.96 Å². The molecule has 20 heavy (non-hydrogen) atoms. The number of nitrogens with one attached hydrogen (secondary N) is 2. The number of halogens is 2. The van der Waals surface area contributed by atoms with Gasteiger partial charge in [0.1, 0.15) is 5.69 Å². The van der Waals surface area contributed by atoms with Crippen LogP contribution in [0, 0.1) is 0 Å². The molecule has 0 aliphatic heterocycles. The Morgan fingerprint density at radius 1 is 1.50 bits per heavy atom. The van der Waals surface area contributed by atoms with Crippen molar-refractivity contribution in [3.8, 4) is 5.88 Å². The van der Waals surface area contributed by atoms with Gasteiger partial charge < -0.3 is 15.4 Å². The van der Waals surface area contributed by atoms with Crippen molar-refractivity contribution in [2.45, 2.75) is 24.8 Å². The Labute approximate surface area is 116 Å². The van der Waals surface area contributed by atoms with Gasteiger partial charge in [0, 0.05) is 19.2 Å². The van der Waals surface area contributed by atoms with E-state index in [0.29, 0.717) is 12.0 Å². The number of hydrogen-bond acceptors (Lipinski definition) is 3. The van der Waals surface area contributed by atoms with Gasteiger partial charge in [-0.25, -0.2) is 4.98 Å². The van der Waals surface area contributed by atoms with Gasteiger partial charge in [0.2, 0.25) is 5.88 Å². The van der Waals surface area contributed by atoms with E-state index in [-0.39, 0.29) is 11.6 Å². The van der Waals surface area contributed by atoms with Crippen molar-refractivity contribution < 1.29 is 13.5 Å². The lowest BCUT2D eigenvalue weighted by atomic mass is 10.2. The predicted molar refractivity (Wildman–Crippen MR) is 72.2 cm³/mol. The Kier molecular flexibility index (Phi) is 4.36. The average Bonchev–Trinajstić information content (AvgIpc) is 3.27. The Bertz CT molecular complexity index is 489. The second-order valence-electron chi connectivity index (χ2n) is 4.61. The van der Waals surface area contributed by atoms with E-state index >= 15 is 0 Å². The van der Waals surface area contributed by atoms with Gasteiger partial charge in [0.15, 0.2) is 5.96 Å². The molecule has 0 unspecified atom stereocenters. The Morgan fingerprint density at radius 3 is 2.85 bits per heavy atom. The van der Waals surface area contributed by atoms with Crippen LogP contribution in [0.1, 0.15) is 18.5 Å². The summed E-state index contributed by atoms with van der Waals surface area (Å²) in [7, 11) is 2.95. The Balaban J connectivity index is 1.97. The van der Waals surface area contributed by atoms with Crippen molar-refractivity contribution in [3.05, 3.63) is 23.9 Å². The van der Waals surface area contributed by atoms with Crippen LogP contribution in [0.4, 0.5) is 8.78 Å². The minimum atomic E-state index is -3.10. The maximum Gasteiger partial charge on any atom is 0.306 e. The van der Waals surface area contributed by atoms with Crippen LogP contribution in [-0.2, 0) is 5.92 Å². The molecule has 0 saturated heterocycles. The molecular formula is C13H18F2N4O. The third-order valence-electron chi connectivity index (χ3n) is 2.93. The molecule has 0 amide bonds. The largest absolute Gasteiger partial charge is 0.481 e. The molecule has 1 saturated carbocycles. The standard InChI is InChI=1S/C13H18F2N4O/c1-16-12(18-9-6-7-9)17-8-13(14,15)10-4-3-5-11(19-10)20-2/h3-5,9H,6-8H2,1-2H3,(H2,16,17,18). The van der Waals surface area contributed by atoms with Crippen molar-refractivity contribution in [3.63, 3.8) is 0 Å².